The zero-order valence-electron chi connectivity index (χ0n) is 11.8. The first-order valence-electron chi connectivity index (χ1n) is 6.88. The average molecular weight is 276 g/mol. The van der Waals surface area contributed by atoms with E-state index in [9.17, 15) is 9.59 Å². The van der Waals surface area contributed by atoms with Crippen molar-refractivity contribution in [3.63, 3.8) is 0 Å². The second-order valence-electron chi connectivity index (χ2n) is 4.92. The molecule has 0 spiro atoms. The van der Waals surface area contributed by atoms with Gasteiger partial charge in [0.25, 0.3) is 0 Å². The molecule has 0 saturated carbocycles. The van der Waals surface area contributed by atoms with Gasteiger partial charge < -0.3 is 10.6 Å². The Kier molecular flexibility index (Phi) is 4.34. The Morgan fingerprint density at radius 1 is 1.45 bits per heavy atom. The van der Waals surface area contributed by atoms with E-state index in [1.54, 1.807) is 11.1 Å². The van der Waals surface area contributed by atoms with Crippen LogP contribution in [-0.4, -0.2) is 29.4 Å². The molecule has 2 rings (SSSR count). The standard InChI is InChI=1S/C14H20N4O2/c1-3-10(15)11-6-5-9(7-16-11)18-8-13(19)17-14(20)12(18)4-2/h5-7,10,12H,3-4,8,15H2,1-2H3,(H,17,19,20)/t10-,12?/m1/s1. The van der Waals surface area contributed by atoms with Crippen molar-refractivity contribution in [2.75, 3.05) is 11.4 Å². The number of carbonyl (C=O) groups excluding carboxylic acids is 2. The van der Waals surface area contributed by atoms with Gasteiger partial charge in [-0.15, -0.1) is 0 Å². The number of anilines is 1. The topological polar surface area (TPSA) is 88.3 Å². The monoisotopic (exact) mass is 276 g/mol. The van der Waals surface area contributed by atoms with Gasteiger partial charge in [0.05, 0.1) is 24.1 Å². The van der Waals surface area contributed by atoms with E-state index in [2.05, 4.69) is 10.3 Å². The molecule has 1 unspecified atom stereocenters. The number of imide groups is 1. The number of piperazine rings is 1. The molecule has 2 amide bonds. The Hall–Kier alpha value is -1.95. The van der Waals surface area contributed by atoms with E-state index in [0.29, 0.717) is 6.42 Å². The molecule has 0 radical (unpaired) electrons. The highest BCUT2D eigenvalue weighted by molar-refractivity contribution is 6.04. The van der Waals surface area contributed by atoms with Crippen molar-refractivity contribution >= 4 is 17.5 Å². The second kappa shape index (κ2) is 6.00. The first-order chi connectivity index (χ1) is 9.56. The lowest BCUT2D eigenvalue weighted by Gasteiger charge is -2.35. The van der Waals surface area contributed by atoms with Crippen molar-refractivity contribution in [3.8, 4) is 0 Å². The van der Waals surface area contributed by atoms with Crippen LogP contribution >= 0.6 is 0 Å². The van der Waals surface area contributed by atoms with Crippen LogP contribution < -0.4 is 16.0 Å². The van der Waals surface area contributed by atoms with E-state index in [1.165, 1.54) is 0 Å². The van der Waals surface area contributed by atoms with E-state index >= 15 is 0 Å². The number of nitrogens with zero attached hydrogens (tertiary/aromatic N) is 2. The van der Waals surface area contributed by atoms with Gasteiger partial charge in [-0.2, -0.15) is 0 Å². The van der Waals surface area contributed by atoms with Gasteiger partial charge in [-0.1, -0.05) is 13.8 Å². The van der Waals surface area contributed by atoms with Crippen LogP contribution in [0.1, 0.15) is 38.4 Å². The van der Waals surface area contributed by atoms with Crippen LogP contribution in [0.5, 0.6) is 0 Å². The summed E-state index contributed by atoms with van der Waals surface area (Å²) < 4.78 is 0. The molecule has 2 atom stereocenters. The van der Waals surface area contributed by atoms with E-state index < -0.39 is 0 Å². The highest BCUT2D eigenvalue weighted by Gasteiger charge is 2.32. The number of rotatable bonds is 4. The van der Waals surface area contributed by atoms with Gasteiger partial charge in [-0.3, -0.25) is 19.9 Å². The molecule has 1 aliphatic heterocycles. The number of nitrogens with one attached hydrogen (secondary N) is 1. The van der Waals surface area contributed by atoms with Crippen molar-refractivity contribution in [3.05, 3.63) is 24.0 Å². The van der Waals surface area contributed by atoms with Crippen molar-refractivity contribution in [2.24, 2.45) is 5.73 Å². The highest BCUT2D eigenvalue weighted by Crippen LogP contribution is 2.21. The number of amides is 2. The molecule has 1 aliphatic rings. The third kappa shape index (κ3) is 2.80. The fourth-order valence-electron chi connectivity index (χ4n) is 2.34. The lowest BCUT2D eigenvalue weighted by molar-refractivity contribution is -0.132. The van der Waals surface area contributed by atoms with Gasteiger partial charge in [-0.25, -0.2) is 0 Å². The summed E-state index contributed by atoms with van der Waals surface area (Å²) in [5.41, 5.74) is 7.51. The highest BCUT2D eigenvalue weighted by atomic mass is 16.2. The summed E-state index contributed by atoms with van der Waals surface area (Å²) in [6.45, 7) is 4.09. The molecule has 108 valence electrons. The molecule has 1 saturated heterocycles. The predicted molar refractivity (Wildman–Crippen MR) is 76.0 cm³/mol. The molecule has 1 aromatic heterocycles. The summed E-state index contributed by atoms with van der Waals surface area (Å²) >= 11 is 0. The molecule has 6 heteroatoms. The lowest BCUT2D eigenvalue weighted by Crippen LogP contribution is -2.58. The molecule has 1 aromatic rings. The van der Waals surface area contributed by atoms with Gasteiger partial charge >= 0.3 is 0 Å². The van der Waals surface area contributed by atoms with Crippen molar-refractivity contribution in [2.45, 2.75) is 38.8 Å². The third-order valence-electron chi connectivity index (χ3n) is 3.56. The third-order valence-corrected chi connectivity index (χ3v) is 3.56. The van der Waals surface area contributed by atoms with Crippen LogP contribution in [0.15, 0.2) is 18.3 Å². The maximum absolute atomic E-state index is 11.8. The zero-order valence-corrected chi connectivity index (χ0v) is 11.8. The van der Waals surface area contributed by atoms with Gasteiger partial charge in [-0.05, 0) is 25.0 Å². The van der Waals surface area contributed by atoms with Gasteiger partial charge in [0, 0.05) is 6.04 Å². The quantitative estimate of drug-likeness (QED) is 0.792. The molecular formula is C14H20N4O2. The van der Waals surface area contributed by atoms with Crippen LogP contribution in [0.2, 0.25) is 0 Å². The minimum absolute atomic E-state index is 0.0858. The maximum Gasteiger partial charge on any atom is 0.249 e. The maximum atomic E-state index is 11.8. The van der Waals surface area contributed by atoms with Crippen LogP contribution in [-0.2, 0) is 9.59 Å². The first-order valence-corrected chi connectivity index (χ1v) is 6.88. The summed E-state index contributed by atoms with van der Waals surface area (Å²) in [7, 11) is 0. The fourth-order valence-corrected chi connectivity index (χ4v) is 2.34. The van der Waals surface area contributed by atoms with Crippen LogP contribution in [0.3, 0.4) is 0 Å². The number of nitrogens with two attached hydrogens (primary N) is 1. The minimum Gasteiger partial charge on any atom is -0.349 e. The smallest absolute Gasteiger partial charge is 0.249 e. The molecule has 0 aromatic carbocycles. The summed E-state index contributed by atoms with van der Waals surface area (Å²) in [6.07, 6.45) is 3.13. The molecule has 2 heterocycles. The van der Waals surface area contributed by atoms with Crippen LogP contribution in [0.4, 0.5) is 5.69 Å². The molecule has 3 N–H and O–H groups in total. The Labute approximate surface area is 118 Å². The van der Waals surface area contributed by atoms with E-state index in [0.717, 1.165) is 17.8 Å². The average Bonchev–Trinajstić information content (AvgIpc) is 2.46. The summed E-state index contributed by atoms with van der Waals surface area (Å²) in [5, 5.41) is 2.36. The van der Waals surface area contributed by atoms with Gasteiger partial charge in [0.15, 0.2) is 0 Å². The van der Waals surface area contributed by atoms with Crippen molar-refractivity contribution < 1.29 is 9.59 Å². The number of hydrogen-bond acceptors (Lipinski definition) is 5. The van der Waals surface area contributed by atoms with Crippen molar-refractivity contribution in [1.29, 1.82) is 0 Å². The number of aromatic nitrogens is 1. The molecular weight excluding hydrogens is 256 g/mol. The Bertz CT molecular complexity index is 500. The van der Waals surface area contributed by atoms with Crippen LogP contribution in [0, 0.1) is 0 Å². The van der Waals surface area contributed by atoms with E-state index in [-0.39, 0.29) is 30.4 Å². The Balaban J connectivity index is 2.24. The van der Waals surface area contributed by atoms with Crippen molar-refractivity contribution in [1.82, 2.24) is 10.3 Å². The normalized spacial score (nSPS) is 20.8. The summed E-state index contributed by atoms with van der Waals surface area (Å²) in [5.74, 6) is -0.535. The second-order valence-corrected chi connectivity index (χ2v) is 4.92. The number of carbonyl (C=O) groups is 2. The minimum atomic E-state index is -0.333. The Morgan fingerprint density at radius 2 is 2.20 bits per heavy atom. The summed E-state index contributed by atoms with van der Waals surface area (Å²) in [4.78, 5) is 29.5. The predicted octanol–water partition coefficient (Wildman–Crippen LogP) is 0.733. The van der Waals surface area contributed by atoms with Crippen LogP contribution in [0.25, 0.3) is 0 Å². The molecule has 6 nitrogen and oxygen atoms in total. The zero-order chi connectivity index (χ0) is 14.7. The van der Waals surface area contributed by atoms with E-state index in [4.69, 9.17) is 5.73 Å². The molecule has 0 aliphatic carbocycles. The molecule has 0 bridgehead atoms. The molecule has 1 fully saturated rings. The van der Waals surface area contributed by atoms with Gasteiger partial charge in [0.2, 0.25) is 11.8 Å². The number of hydrogen-bond donors (Lipinski definition) is 2. The number of pyridine rings is 1. The fraction of sp³-hybridized carbons (Fsp3) is 0.500. The first kappa shape index (κ1) is 14.5. The van der Waals surface area contributed by atoms with Gasteiger partial charge in [0.1, 0.15) is 6.04 Å². The molecule has 20 heavy (non-hydrogen) atoms. The SMILES string of the molecule is CCC1C(=O)NC(=O)CN1c1ccc([C@H](N)CC)nc1. The summed E-state index contributed by atoms with van der Waals surface area (Å²) in [6, 6.07) is 3.30. The Morgan fingerprint density at radius 3 is 2.75 bits per heavy atom. The largest absolute Gasteiger partial charge is 0.349 e. The van der Waals surface area contributed by atoms with E-state index in [1.807, 2.05) is 26.0 Å². The lowest BCUT2D eigenvalue weighted by atomic mass is 10.1.